The fraction of sp³-hybridized carbons (Fsp3) is 0.368. The molecular weight excluding hydrogens is 364 g/mol. The number of hydrogen-bond acceptors (Lipinski definition) is 7. The van der Waals surface area contributed by atoms with Crippen LogP contribution in [0.15, 0.2) is 35.5 Å². The van der Waals surface area contributed by atoms with Crippen molar-refractivity contribution in [1.82, 2.24) is 19.6 Å². The molecule has 0 fully saturated rings. The molecule has 0 saturated carbocycles. The first-order valence-electron chi connectivity index (χ1n) is 8.74. The van der Waals surface area contributed by atoms with Crippen molar-refractivity contribution in [2.24, 2.45) is 0 Å². The Labute approximate surface area is 161 Å². The molecule has 0 bridgehead atoms. The van der Waals surface area contributed by atoms with Gasteiger partial charge in [-0.05, 0) is 44.2 Å². The summed E-state index contributed by atoms with van der Waals surface area (Å²) >= 11 is 1.36. The zero-order chi connectivity index (χ0) is 19.4. The third kappa shape index (κ3) is 4.84. The highest BCUT2D eigenvalue weighted by Crippen LogP contribution is 2.18. The number of carbonyl (C=O) groups is 1. The highest BCUT2D eigenvalue weighted by Gasteiger charge is 2.12. The van der Waals surface area contributed by atoms with E-state index in [9.17, 15) is 9.90 Å². The summed E-state index contributed by atoms with van der Waals surface area (Å²) in [5, 5.41) is 15.1. The van der Waals surface area contributed by atoms with Crippen LogP contribution >= 0.6 is 11.8 Å². The number of benzene rings is 1. The molecule has 0 saturated heterocycles. The SMILES string of the molecule is CCC(=O)c1ccc(OC[C@@H](O)CSc2nc3nc(C)cc(C)n3n2)cc1. The molecule has 142 valence electrons. The number of thioether (sulfide) groups is 1. The molecule has 7 nitrogen and oxygen atoms in total. The molecule has 0 aliphatic carbocycles. The summed E-state index contributed by atoms with van der Waals surface area (Å²) in [5.74, 6) is 1.68. The first-order chi connectivity index (χ1) is 13.0. The topological polar surface area (TPSA) is 89.6 Å². The Bertz CT molecular complexity index is 940. The Balaban J connectivity index is 1.52. The number of ketones is 1. The molecule has 0 unspecified atom stereocenters. The molecule has 2 aromatic heterocycles. The number of nitrogens with zero attached hydrogens (tertiary/aromatic N) is 4. The molecule has 3 aromatic rings. The second-order valence-electron chi connectivity index (χ2n) is 6.22. The predicted octanol–water partition coefficient (Wildman–Crippen LogP) is 2.87. The van der Waals surface area contributed by atoms with Gasteiger partial charge in [0, 0.05) is 29.1 Å². The number of aromatic nitrogens is 4. The summed E-state index contributed by atoms with van der Waals surface area (Å²) in [5.41, 5.74) is 2.52. The normalized spacial score (nSPS) is 12.3. The first kappa shape index (κ1) is 19.3. The second kappa shape index (κ2) is 8.49. The number of rotatable bonds is 8. The van der Waals surface area contributed by atoms with Crippen LogP contribution in [-0.4, -0.2) is 48.9 Å². The average molecular weight is 386 g/mol. The fourth-order valence-electron chi connectivity index (χ4n) is 2.56. The van der Waals surface area contributed by atoms with E-state index in [-0.39, 0.29) is 12.4 Å². The van der Waals surface area contributed by atoms with Crippen molar-refractivity contribution in [1.29, 1.82) is 0 Å². The van der Waals surface area contributed by atoms with E-state index >= 15 is 0 Å². The van der Waals surface area contributed by atoms with E-state index in [0.29, 0.717) is 34.4 Å². The minimum atomic E-state index is -0.672. The smallest absolute Gasteiger partial charge is 0.253 e. The van der Waals surface area contributed by atoms with Gasteiger partial charge >= 0.3 is 0 Å². The highest BCUT2D eigenvalue weighted by molar-refractivity contribution is 7.99. The summed E-state index contributed by atoms with van der Waals surface area (Å²) in [4.78, 5) is 20.3. The number of carbonyl (C=O) groups excluding carboxylic acids is 1. The van der Waals surface area contributed by atoms with Gasteiger partial charge in [0.1, 0.15) is 12.4 Å². The van der Waals surface area contributed by atoms with Crippen LogP contribution in [0.4, 0.5) is 0 Å². The number of ether oxygens (including phenoxy) is 1. The van der Waals surface area contributed by atoms with Crippen LogP contribution in [0.2, 0.25) is 0 Å². The summed E-state index contributed by atoms with van der Waals surface area (Å²) < 4.78 is 7.28. The van der Waals surface area contributed by atoms with Crippen molar-refractivity contribution in [3.63, 3.8) is 0 Å². The maximum Gasteiger partial charge on any atom is 0.253 e. The van der Waals surface area contributed by atoms with Crippen LogP contribution < -0.4 is 4.74 Å². The van der Waals surface area contributed by atoms with Gasteiger partial charge in [-0.25, -0.2) is 9.50 Å². The van der Waals surface area contributed by atoms with Crippen LogP contribution in [0.1, 0.15) is 35.1 Å². The number of hydrogen-bond donors (Lipinski definition) is 1. The average Bonchev–Trinajstić information content (AvgIpc) is 3.07. The van der Waals surface area contributed by atoms with E-state index in [1.54, 1.807) is 28.8 Å². The highest BCUT2D eigenvalue weighted by atomic mass is 32.2. The summed E-state index contributed by atoms with van der Waals surface area (Å²) in [6.07, 6.45) is -0.198. The molecule has 1 aromatic carbocycles. The summed E-state index contributed by atoms with van der Waals surface area (Å²) in [6, 6.07) is 8.89. The fourth-order valence-corrected chi connectivity index (χ4v) is 3.28. The van der Waals surface area contributed by atoms with Gasteiger partial charge in [-0.3, -0.25) is 4.79 Å². The van der Waals surface area contributed by atoms with Crippen molar-refractivity contribution in [3.05, 3.63) is 47.3 Å². The van der Waals surface area contributed by atoms with Crippen molar-refractivity contribution in [2.75, 3.05) is 12.4 Å². The van der Waals surface area contributed by atoms with Gasteiger partial charge in [0.2, 0.25) is 5.16 Å². The third-order valence-electron chi connectivity index (χ3n) is 3.94. The van der Waals surface area contributed by atoms with Crippen LogP contribution in [0.5, 0.6) is 5.75 Å². The van der Waals surface area contributed by atoms with Gasteiger partial charge in [0.25, 0.3) is 5.78 Å². The Morgan fingerprint density at radius 3 is 2.70 bits per heavy atom. The van der Waals surface area contributed by atoms with Crippen LogP contribution in [0.3, 0.4) is 0 Å². The molecule has 0 aliphatic heterocycles. The quantitative estimate of drug-likeness (QED) is 0.470. The minimum Gasteiger partial charge on any atom is -0.491 e. The maximum absolute atomic E-state index is 11.6. The van der Waals surface area contributed by atoms with Crippen molar-refractivity contribution >= 4 is 23.3 Å². The summed E-state index contributed by atoms with van der Waals surface area (Å²) in [7, 11) is 0. The monoisotopic (exact) mass is 386 g/mol. The molecule has 27 heavy (non-hydrogen) atoms. The van der Waals surface area contributed by atoms with Gasteiger partial charge in [-0.2, -0.15) is 4.98 Å². The lowest BCUT2D eigenvalue weighted by Crippen LogP contribution is -2.20. The van der Waals surface area contributed by atoms with Gasteiger partial charge in [-0.1, -0.05) is 18.7 Å². The lowest BCUT2D eigenvalue weighted by Gasteiger charge is -2.11. The Morgan fingerprint density at radius 1 is 1.26 bits per heavy atom. The minimum absolute atomic E-state index is 0.0952. The zero-order valence-electron chi connectivity index (χ0n) is 15.5. The Kier molecular flexibility index (Phi) is 6.08. The number of Topliss-reactive ketones (excluding diaryl/α,β-unsaturated/α-hetero) is 1. The van der Waals surface area contributed by atoms with E-state index in [4.69, 9.17) is 4.74 Å². The van der Waals surface area contributed by atoms with E-state index in [0.717, 1.165) is 11.4 Å². The molecule has 0 spiro atoms. The van der Waals surface area contributed by atoms with Crippen molar-refractivity contribution in [3.8, 4) is 5.75 Å². The molecular formula is C19H22N4O3S. The second-order valence-corrected chi connectivity index (χ2v) is 7.21. The lowest BCUT2D eigenvalue weighted by molar-refractivity contribution is 0.0987. The number of fused-ring (bicyclic) bond motifs is 1. The van der Waals surface area contributed by atoms with Gasteiger partial charge < -0.3 is 9.84 Å². The molecule has 3 rings (SSSR count). The van der Waals surface area contributed by atoms with Gasteiger partial charge in [0.15, 0.2) is 5.78 Å². The molecule has 0 aliphatic rings. The zero-order valence-corrected chi connectivity index (χ0v) is 16.4. The molecule has 0 amide bonds. The van der Waals surface area contributed by atoms with Crippen LogP contribution in [0.25, 0.3) is 5.78 Å². The van der Waals surface area contributed by atoms with Crippen LogP contribution in [-0.2, 0) is 0 Å². The maximum atomic E-state index is 11.6. The van der Waals surface area contributed by atoms with E-state index in [2.05, 4.69) is 15.1 Å². The van der Waals surface area contributed by atoms with Gasteiger partial charge in [0.05, 0.1) is 6.10 Å². The number of aryl methyl sites for hydroxylation is 2. The molecule has 1 atom stereocenters. The Morgan fingerprint density at radius 2 is 2.00 bits per heavy atom. The predicted molar refractivity (Wildman–Crippen MR) is 104 cm³/mol. The lowest BCUT2D eigenvalue weighted by atomic mass is 10.1. The van der Waals surface area contributed by atoms with Crippen molar-refractivity contribution in [2.45, 2.75) is 38.5 Å². The number of aliphatic hydroxyl groups excluding tert-OH is 1. The van der Waals surface area contributed by atoms with E-state index in [1.165, 1.54) is 11.8 Å². The summed E-state index contributed by atoms with van der Waals surface area (Å²) in [6.45, 7) is 5.85. The Hall–Kier alpha value is -2.45. The molecule has 1 N–H and O–H groups in total. The van der Waals surface area contributed by atoms with E-state index in [1.807, 2.05) is 26.8 Å². The number of aliphatic hydroxyl groups is 1. The van der Waals surface area contributed by atoms with Crippen LogP contribution in [0, 0.1) is 13.8 Å². The standard InChI is InChI=1S/C19H22N4O3S/c1-4-17(25)14-5-7-16(8-6-14)26-10-15(24)11-27-19-21-18-20-12(2)9-13(3)23(18)22-19/h5-9,15,24H,4,10-11H2,1-3H3/t15-/m1/s1. The first-order valence-corrected chi connectivity index (χ1v) is 9.72. The van der Waals surface area contributed by atoms with Gasteiger partial charge in [-0.15, -0.1) is 5.10 Å². The third-order valence-corrected chi connectivity index (χ3v) is 4.93. The molecule has 2 heterocycles. The molecule has 0 radical (unpaired) electrons. The van der Waals surface area contributed by atoms with E-state index < -0.39 is 6.10 Å². The molecule has 8 heteroatoms. The van der Waals surface area contributed by atoms with Crippen molar-refractivity contribution < 1.29 is 14.6 Å². The largest absolute Gasteiger partial charge is 0.491 e.